The fraction of sp³-hybridized carbons (Fsp3) is 0.478. The molecule has 1 amide bonds. The summed E-state index contributed by atoms with van der Waals surface area (Å²) in [5.74, 6) is -0.0427. The van der Waals surface area contributed by atoms with Crippen molar-refractivity contribution in [3.05, 3.63) is 58.6 Å². The maximum Gasteiger partial charge on any atom is 0.274 e. The highest BCUT2D eigenvalue weighted by Crippen LogP contribution is 2.56. The maximum atomic E-state index is 13.5. The predicted molar refractivity (Wildman–Crippen MR) is 120 cm³/mol. The first-order valence-electron chi connectivity index (χ1n) is 11.2. The minimum atomic E-state index is -0.945. The number of aromatic nitrogens is 5. The number of fused-ring (bicyclic) bond motifs is 1. The van der Waals surface area contributed by atoms with Crippen LogP contribution in [0.5, 0.6) is 0 Å². The first-order valence-corrected chi connectivity index (χ1v) is 11.6. The lowest BCUT2D eigenvalue weighted by atomic mass is 9.90. The van der Waals surface area contributed by atoms with Crippen LogP contribution in [-0.2, 0) is 19.2 Å². The van der Waals surface area contributed by atoms with Crippen molar-refractivity contribution in [3.63, 3.8) is 0 Å². The van der Waals surface area contributed by atoms with Crippen LogP contribution < -0.4 is 5.32 Å². The fourth-order valence-electron chi connectivity index (χ4n) is 5.55. The van der Waals surface area contributed by atoms with E-state index in [1.54, 1.807) is 28.9 Å². The molecule has 2 atom stereocenters. The van der Waals surface area contributed by atoms with E-state index in [0.717, 1.165) is 18.5 Å². The number of amides is 1. The summed E-state index contributed by atoms with van der Waals surface area (Å²) in [5.41, 5.74) is 1.37. The molecule has 2 aliphatic rings. The monoisotopic (exact) mass is 472 g/mol. The van der Waals surface area contributed by atoms with Gasteiger partial charge in [0, 0.05) is 18.7 Å². The summed E-state index contributed by atoms with van der Waals surface area (Å²) in [7, 11) is 1.79. The van der Waals surface area contributed by atoms with Crippen molar-refractivity contribution in [2.45, 2.75) is 50.7 Å². The van der Waals surface area contributed by atoms with E-state index in [1.165, 1.54) is 18.2 Å². The number of benzene rings is 1. The number of nitrogens with zero attached hydrogens (tertiary/aromatic N) is 5. The van der Waals surface area contributed by atoms with E-state index in [9.17, 15) is 14.3 Å². The Balaban J connectivity index is 1.31. The number of aryl methyl sites for hydroxylation is 2. The Bertz CT molecular complexity index is 1190. The van der Waals surface area contributed by atoms with Gasteiger partial charge < -0.3 is 15.0 Å². The molecule has 2 N–H and O–H groups in total. The van der Waals surface area contributed by atoms with Crippen molar-refractivity contribution in [2.75, 3.05) is 5.32 Å². The molecule has 2 heterocycles. The van der Waals surface area contributed by atoms with Gasteiger partial charge in [-0.3, -0.25) is 4.79 Å². The van der Waals surface area contributed by atoms with Crippen molar-refractivity contribution >= 4 is 23.2 Å². The van der Waals surface area contributed by atoms with E-state index < -0.39 is 11.4 Å². The molecule has 0 spiro atoms. The number of aliphatic hydroxyl groups is 1. The lowest BCUT2D eigenvalue weighted by Crippen LogP contribution is -2.24. The van der Waals surface area contributed by atoms with Crippen LogP contribution in [0, 0.1) is 17.7 Å². The van der Waals surface area contributed by atoms with E-state index in [2.05, 4.69) is 20.5 Å². The molecule has 0 aliphatic heterocycles. The summed E-state index contributed by atoms with van der Waals surface area (Å²) in [6, 6.07) is 4.09. The van der Waals surface area contributed by atoms with Crippen LogP contribution in [0.4, 0.5) is 10.1 Å². The zero-order chi connectivity index (χ0) is 23.3. The molecule has 5 rings (SSSR count). The molecule has 1 aromatic carbocycles. The Kier molecular flexibility index (Phi) is 5.49. The second-order valence-corrected chi connectivity index (χ2v) is 9.63. The average Bonchev–Trinajstić information content (AvgIpc) is 3.53. The van der Waals surface area contributed by atoms with Gasteiger partial charge in [0.25, 0.3) is 5.91 Å². The molecule has 2 saturated carbocycles. The molecule has 3 aromatic rings. The van der Waals surface area contributed by atoms with Crippen LogP contribution in [0.3, 0.4) is 0 Å². The van der Waals surface area contributed by atoms with Crippen LogP contribution in [0.2, 0.25) is 5.02 Å². The molecular weight excluding hydrogens is 447 g/mol. The van der Waals surface area contributed by atoms with Crippen LogP contribution in [0.1, 0.15) is 60.4 Å². The molecular formula is C23H26ClFN6O2. The third kappa shape index (κ3) is 3.93. The molecule has 2 unspecified atom stereocenters. The van der Waals surface area contributed by atoms with Gasteiger partial charge >= 0.3 is 0 Å². The third-order valence-electron chi connectivity index (χ3n) is 7.08. The third-order valence-corrected chi connectivity index (χ3v) is 7.37. The lowest BCUT2D eigenvalue weighted by Gasteiger charge is -2.22. The Hall–Kier alpha value is -2.78. The number of halogens is 2. The Morgan fingerprint density at radius 1 is 1.33 bits per heavy atom. The summed E-state index contributed by atoms with van der Waals surface area (Å²) < 4.78 is 15.2. The Morgan fingerprint density at radius 2 is 2.06 bits per heavy atom. The van der Waals surface area contributed by atoms with Crippen molar-refractivity contribution in [2.24, 2.45) is 18.9 Å². The average molecular weight is 473 g/mol. The highest BCUT2D eigenvalue weighted by atomic mass is 35.5. The highest BCUT2D eigenvalue weighted by molar-refractivity contribution is 6.31. The number of carbonyl (C=O) groups excluding carboxylic acids is 1. The zero-order valence-corrected chi connectivity index (χ0v) is 19.3. The number of anilines is 1. The van der Waals surface area contributed by atoms with E-state index in [1.807, 2.05) is 6.92 Å². The van der Waals surface area contributed by atoms with E-state index in [4.69, 9.17) is 11.6 Å². The minimum Gasteiger partial charge on any atom is -0.383 e. The second kappa shape index (κ2) is 8.22. The molecule has 0 bridgehead atoms. The topological polar surface area (TPSA) is 97.9 Å². The first-order chi connectivity index (χ1) is 15.8. The van der Waals surface area contributed by atoms with Gasteiger partial charge in [-0.1, -0.05) is 11.6 Å². The van der Waals surface area contributed by atoms with Crippen LogP contribution in [0.25, 0.3) is 0 Å². The smallest absolute Gasteiger partial charge is 0.274 e. The molecule has 2 aliphatic carbocycles. The van der Waals surface area contributed by atoms with E-state index >= 15 is 0 Å². The van der Waals surface area contributed by atoms with Crippen molar-refractivity contribution in [3.8, 4) is 0 Å². The first kappa shape index (κ1) is 22.0. The van der Waals surface area contributed by atoms with Gasteiger partial charge in [0.05, 0.1) is 29.8 Å². The number of rotatable bonds is 5. The maximum absolute atomic E-state index is 13.5. The lowest BCUT2D eigenvalue weighted by molar-refractivity contribution is 0.0294. The molecule has 0 saturated heterocycles. The van der Waals surface area contributed by atoms with Gasteiger partial charge in [0.1, 0.15) is 22.8 Å². The molecule has 10 heteroatoms. The minimum absolute atomic E-state index is 0.0481. The van der Waals surface area contributed by atoms with Gasteiger partial charge in [0.2, 0.25) is 0 Å². The van der Waals surface area contributed by atoms with Crippen molar-refractivity contribution in [1.82, 2.24) is 24.5 Å². The number of nitrogens with one attached hydrogen (secondary N) is 1. The number of imidazole rings is 1. The van der Waals surface area contributed by atoms with Crippen molar-refractivity contribution in [1.29, 1.82) is 0 Å². The molecule has 174 valence electrons. The second-order valence-electron chi connectivity index (χ2n) is 9.22. The summed E-state index contributed by atoms with van der Waals surface area (Å²) in [5, 5.41) is 22.7. The number of hydrogen-bond donors (Lipinski definition) is 2. The van der Waals surface area contributed by atoms with Gasteiger partial charge in [-0.2, -0.15) is 15.0 Å². The normalized spacial score (nSPS) is 26.5. The van der Waals surface area contributed by atoms with Crippen molar-refractivity contribution < 1.29 is 14.3 Å². The SMILES string of the molecule is CCn1ncc(C2(O)CC3CC(c4ncn(C)c4C(=O)Nc4ccc(F)c(Cl)c4)CC3C2)n1. The molecule has 0 radical (unpaired) electrons. The van der Waals surface area contributed by atoms with Crippen LogP contribution in [0.15, 0.2) is 30.7 Å². The van der Waals surface area contributed by atoms with Gasteiger partial charge in [0.15, 0.2) is 0 Å². The van der Waals surface area contributed by atoms with E-state index in [-0.39, 0.29) is 16.8 Å². The van der Waals surface area contributed by atoms with Gasteiger partial charge in [-0.25, -0.2) is 9.37 Å². The summed E-state index contributed by atoms with van der Waals surface area (Å²) >= 11 is 5.85. The Morgan fingerprint density at radius 3 is 2.70 bits per heavy atom. The van der Waals surface area contributed by atoms with Crippen LogP contribution >= 0.6 is 11.6 Å². The predicted octanol–water partition coefficient (Wildman–Crippen LogP) is 3.87. The molecule has 8 nitrogen and oxygen atoms in total. The molecule has 33 heavy (non-hydrogen) atoms. The van der Waals surface area contributed by atoms with E-state index in [0.29, 0.717) is 48.3 Å². The van der Waals surface area contributed by atoms with Gasteiger partial charge in [-0.15, -0.1) is 0 Å². The largest absolute Gasteiger partial charge is 0.383 e. The number of hydrogen-bond acceptors (Lipinski definition) is 5. The summed E-state index contributed by atoms with van der Waals surface area (Å²) in [4.78, 5) is 19.2. The highest BCUT2D eigenvalue weighted by Gasteiger charge is 2.51. The number of carbonyl (C=O) groups is 1. The molecule has 2 fully saturated rings. The standard InChI is InChI=1S/C23H26ClFN6O2/c1-3-31-27-11-19(29-31)23(33)9-14-6-13(7-15(14)10-23)20-21(30(2)12-26-20)22(32)28-16-4-5-18(25)17(24)8-16/h4-5,8,11-15,33H,3,6-7,9-10H2,1-2H3,(H,28,32). The fourth-order valence-corrected chi connectivity index (χ4v) is 5.73. The summed E-state index contributed by atoms with van der Waals surface area (Å²) in [6.07, 6.45) is 6.31. The van der Waals surface area contributed by atoms with Gasteiger partial charge in [-0.05, 0) is 62.6 Å². The molecule has 2 aromatic heterocycles. The Labute approximate surface area is 195 Å². The van der Waals surface area contributed by atoms with Crippen LogP contribution in [-0.4, -0.2) is 35.6 Å². The quantitative estimate of drug-likeness (QED) is 0.587. The summed E-state index contributed by atoms with van der Waals surface area (Å²) in [6.45, 7) is 2.63. The zero-order valence-electron chi connectivity index (χ0n) is 18.5.